The van der Waals surface area contributed by atoms with Crippen LogP contribution >= 0.6 is 22.6 Å². The molecule has 0 N–H and O–H groups in total. The highest BCUT2D eigenvalue weighted by Gasteiger charge is 2.27. The van der Waals surface area contributed by atoms with E-state index in [0.29, 0.717) is 23.4 Å². The van der Waals surface area contributed by atoms with Gasteiger partial charge in [-0.05, 0) is 30.5 Å². The molecule has 1 aliphatic rings. The summed E-state index contributed by atoms with van der Waals surface area (Å²) in [7, 11) is 4.87. The number of halogens is 1. The predicted molar refractivity (Wildman–Crippen MR) is 81.8 cm³/mol. The van der Waals surface area contributed by atoms with E-state index in [1.165, 1.54) is 0 Å². The van der Waals surface area contributed by atoms with Gasteiger partial charge in [0.25, 0.3) is 0 Å². The quantitative estimate of drug-likeness (QED) is 0.582. The van der Waals surface area contributed by atoms with E-state index in [9.17, 15) is 0 Å². The van der Waals surface area contributed by atoms with Crippen molar-refractivity contribution in [2.75, 3.05) is 25.8 Å². The minimum atomic E-state index is 0.119. The van der Waals surface area contributed by atoms with Gasteiger partial charge in [0.1, 0.15) is 0 Å². The third kappa shape index (κ3) is 3.08. The Morgan fingerprint density at radius 3 is 2.16 bits per heavy atom. The molecule has 2 atom stereocenters. The van der Waals surface area contributed by atoms with Crippen LogP contribution in [0.25, 0.3) is 0 Å². The van der Waals surface area contributed by atoms with Crippen molar-refractivity contribution in [1.82, 2.24) is 0 Å². The third-order valence-electron chi connectivity index (χ3n) is 3.34. The smallest absolute Gasteiger partial charge is 0.203 e. The first-order valence-corrected chi connectivity index (χ1v) is 7.77. The molecule has 0 aromatic heterocycles. The van der Waals surface area contributed by atoms with Gasteiger partial charge in [0, 0.05) is 4.43 Å². The summed E-state index contributed by atoms with van der Waals surface area (Å²) in [6.45, 7) is 0. The van der Waals surface area contributed by atoms with Gasteiger partial charge in [0.05, 0.1) is 33.5 Å². The minimum Gasteiger partial charge on any atom is -0.493 e. The fraction of sp³-hybridized carbons (Fsp3) is 0.571. The Kier molecular flexibility index (Phi) is 5.15. The molecule has 0 aliphatic carbocycles. The van der Waals surface area contributed by atoms with Crippen LogP contribution in [-0.2, 0) is 4.74 Å². The molecule has 5 heteroatoms. The monoisotopic (exact) mass is 378 g/mol. The SMILES string of the molecule is COc1cc([C@H]2CC[C@H](CI)O2)cc(OC)c1OC. The Morgan fingerprint density at radius 2 is 1.74 bits per heavy atom. The molecular formula is C14H19IO4. The van der Waals surface area contributed by atoms with Crippen LogP contribution in [-0.4, -0.2) is 31.9 Å². The first kappa shape index (κ1) is 14.7. The van der Waals surface area contributed by atoms with Crippen molar-refractivity contribution in [2.45, 2.75) is 25.0 Å². The second-order valence-electron chi connectivity index (χ2n) is 4.44. The summed E-state index contributed by atoms with van der Waals surface area (Å²) in [5, 5.41) is 0. The van der Waals surface area contributed by atoms with Crippen LogP contribution in [0.2, 0.25) is 0 Å². The zero-order valence-electron chi connectivity index (χ0n) is 11.4. The van der Waals surface area contributed by atoms with Crippen molar-refractivity contribution in [3.05, 3.63) is 17.7 Å². The van der Waals surface area contributed by atoms with E-state index < -0.39 is 0 Å². The molecule has 1 aromatic carbocycles. The van der Waals surface area contributed by atoms with Crippen LogP contribution in [0.5, 0.6) is 17.2 Å². The molecule has 1 aromatic rings. The highest BCUT2D eigenvalue weighted by atomic mass is 127. The van der Waals surface area contributed by atoms with Gasteiger partial charge in [-0.1, -0.05) is 22.6 Å². The molecule has 0 unspecified atom stereocenters. The topological polar surface area (TPSA) is 36.9 Å². The van der Waals surface area contributed by atoms with Crippen LogP contribution in [0.3, 0.4) is 0 Å². The van der Waals surface area contributed by atoms with Crippen molar-refractivity contribution < 1.29 is 18.9 Å². The van der Waals surface area contributed by atoms with Crippen molar-refractivity contribution >= 4 is 22.6 Å². The highest BCUT2D eigenvalue weighted by molar-refractivity contribution is 14.1. The largest absolute Gasteiger partial charge is 0.493 e. The van der Waals surface area contributed by atoms with E-state index in [4.69, 9.17) is 18.9 Å². The molecule has 0 bridgehead atoms. The van der Waals surface area contributed by atoms with Crippen LogP contribution < -0.4 is 14.2 Å². The zero-order chi connectivity index (χ0) is 13.8. The van der Waals surface area contributed by atoms with Crippen LogP contribution in [0.15, 0.2) is 12.1 Å². The Bertz CT molecular complexity index is 410. The fourth-order valence-corrected chi connectivity index (χ4v) is 3.00. The molecule has 4 nitrogen and oxygen atoms in total. The molecule has 1 fully saturated rings. The van der Waals surface area contributed by atoms with E-state index in [0.717, 1.165) is 22.8 Å². The lowest BCUT2D eigenvalue weighted by Gasteiger charge is -2.17. The maximum Gasteiger partial charge on any atom is 0.203 e. The summed E-state index contributed by atoms with van der Waals surface area (Å²) in [4.78, 5) is 0. The lowest BCUT2D eigenvalue weighted by molar-refractivity contribution is 0.0594. The predicted octanol–water partition coefficient (Wildman–Crippen LogP) is 3.37. The highest BCUT2D eigenvalue weighted by Crippen LogP contribution is 2.43. The number of alkyl halides is 1. The first-order chi connectivity index (χ1) is 9.23. The number of methoxy groups -OCH3 is 3. The van der Waals surface area contributed by atoms with Crippen molar-refractivity contribution in [3.63, 3.8) is 0 Å². The van der Waals surface area contributed by atoms with E-state index in [1.54, 1.807) is 21.3 Å². The molecule has 0 spiro atoms. The molecule has 106 valence electrons. The van der Waals surface area contributed by atoms with Crippen LogP contribution in [0.4, 0.5) is 0 Å². The fourth-order valence-electron chi connectivity index (χ4n) is 2.35. The molecule has 19 heavy (non-hydrogen) atoms. The minimum absolute atomic E-state index is 0.119. The van der Waals surface area contributed by atoms with Gasteiger partial charge in [-0.15, -0.1) is 0 Å². The van der Waals surface area contributed by atoms with Gasteiger partial charge in [-0.3, -0.25) is 0 Å². The van der Waals surface area contributed by atoms with Gasteiger partial charge >= 0.3 is 0 Å². The second-order valence-corrected chi connectivity index (χ2v) is 5.32. The van der Waals surface area contributed by atoms with Gasteiger partial charge in [0.2, 0.25) is 5.75 Å². The van der Waals surface area contributed by atoms with E-state index in [2.05, 4.69) is 22.6 Å². The summed E-state index contributed by atoms with van der Waals surface area (Å²) < 4.78 is 23.1. The Hall–Kier alpha value is -0.690. The van der Waals surface area contributed by atoms with Crippen molar-refractivity contribution in [3.8, 4) is 17.2 Å². The van der Waals surface area contributed by atoms with Gasteiger partial charge in [-0.2, -0.15) is 0 Å². The number of hydrogen-bond donors (Lipinski definition) is 0. The maximum atomic E-state index is 6.01. The molecule has 1 saturated heterocycles. The number of benzene rings is 1. The van der Waals surface area contributed by atoms with Gasteiger partial charge < -0.3 is 18.9 Å². The second kappa shape index (κ2) is 6.65. The van der Waals surface area contributed by atoms with E-state index in [1.807, 2.05) is 12.1 Å². The lowest BCUT2D eigenvalue weighted by Crippen LogP contribution is -2.07. The summed E-state index contributed by atoms with van der Waals surface area (Å²) in [5.74, 6) is 1.98. The van der Waals surface area contributed by atoms with Gasteiger partial charge in [0.15, 0.2) is 11.5 Å². The molecule has 1 heterocycles. The molecular weight excluding hydrogens is 359 g/mol. The van der Waals surface area contributed by atoms with Crippen LogP contribution in [0.1, 0.15) is 24.5 Å². The first-order valence-electron chi connectivity index (χ1n) is 6.24. The Labute approximate surface area is 127 Å². The normalized spacial score (nSPS) is 22.3. The lowest BCUT2D eigenvalue weighted by atomic mass is 10.0. The van der Waals surface area contributed by atoms with E-state index >= 15 is 0 Å². The summed E-state index contributed by atoms with van der Waals surface area (Å²) in [6.07, 6.45) is 2.61. The number of ether oxygens (including phenoxy) is 4. The van der Waals surface area contributed by atoms with Crippen molar-refractivity contribution in [1.29, 1.82) is 0 Å². The van der Waals surface area contributed by atoms with Gasteiger partial charge in [-0.25, -0.2) is 0 Å². The average Bonchev–Trinajstić information content (AvgIpc) is 2.94. The van der Waals surface area contributed by atoms with Crippen LogP contribution in [0, 0.1) is 0 Å². The summed E-state index contributed by atoms with van der Waals surface area (Å²) in [5.41, 5.74) is 1.09. The third-order valence-corrected chi connectivity index (χ3v) is 4.32. The number of hydrogen-bond acceptors (Lipinski definition) is 4. The molecule has 0 saturated carbocycles. The molecule has 0 radical (unpaired) electrons. The Balaban J connectivity index is 2.31. The standard InChI is InChI=1S/C14H19IO4/c1-16-12-6-9(7-13(17-2)14(12)18-3)11-5-4-10(8-15)19-11/h6-7,10-11H,4-5,8H2,1-3H3/t10-,11-/m1/s1. The number of rotatable bonds is 5. The average molecular weight is 378 g/mol. The zero-order valence-corrected chi connectivity index (χ0v) is 13.6. The Morgan fingerprint density at radius 1 is 1.11 bits per heavy atom. The summed E-state index contributed by atoms with van der Waals surface area (Å²) >= 11 is 2.36. The molecule has 0 amide bonds. The van der Waals surface area contributed by atoms with E-state index in [-0.39, 0.29) is 6.10 Å². The molecule has 2 rings (SSSR count). The maximum absolute atomic E-state index is 6.01. The summed E-state index contributed by atoms with van der Waals surface area (Å²) in [6, 6.07) is 3.95. The van der Waals surface area contributed by atoms with Crippen molar-refractivity contribution in [2.24, 2.45) is 0 Å². The molecule has 1 aliphatic heterocycles.